The second-order valence-corrected chi connectivity index (χ2v) is 8.63. The minimum absolute atomic E-state index is 0.0912. The van der Waals surface area contributed by atoms with Crippen LogP contribution in [0.3, 0.4) is 0 Å². The Morgan fingerprint density at radius 1 is 1.26 bits per heavy atom. The molecule has 2 fully saturated rings. The third-order valence-corrected chi connectivity index (χ3v) is 6.37. The van der Waals surface area contributed by atoms with Crippen LogP contribution in [0.1, 0.15) is 32.2 Å². The molecule has 6 rings (SSSR count). The van der Waals surface area contributed by atoms with E-state index in [2.05, 4.69) is 32.3 Å². The molecule has 3 aliphatic rings. The monoisotopic (exact) mass is 419 g/mol. The molecule has 8 heteroatoms. The van der Waals surface area contributed by atoms with Crippen LogP contribution >= 0.6 is 0 Å². The van der Waals surface area contributed by atoms with Gasteiger partial charge in [-0.15, -0.1) is 0 Å². The predicted octanol–water partition coefficient (Wildman–Crippen LogP) is 3.14. The van der Waals surface area contributed by atoms with Crippen LogP contribution in [0.25, 0.3) is 22.3 Å². The Bertz CT molecular complexity index is 1170. The number of imidazole rings is 1. The first-order valence-electron chi connectivity index (χ1n) is 11.0. The zero-order valence-corrected chi connectivity index (χ0v) is 17.4. The summed E-state index contributed by atoms with van der Waals surface area (Å²) in [5.41, 5.74) is 3.71. The van der Waals surface area contributed by atoms with Crippen LogP contribution in [-0.2, 0) is 4.79 Å². The number of hydrogen-bond acceptors (Lipinski definition) is 6. The van der Waals surface area contributed by atoms with E-state index < -0.39 is 0 Å². The van der Waals surface area contributed by atoms with Crippen molar-refractivity contribution < 1.29 is 14.3 Å². The van der Waals surface area contributed by atoms with Crippen molar-refractivity contribution in [2.45, 2.75) is 38.3 Å². The van der Waals surface area contributed by atoms with Gasteiger partial charge in [0, 0.05) is 30.5 Å². The van der Waals surface area contributed by atoms with Crippen molar-refractivity contribution in [3.63, 3.8) is 0 Å². The van der Waals surface area contributed by atoms with Crippen molar-refractivity contribution in [3.05, 3.63) is 30.6 Å². The third-order valence-electron chi connectivity index (χ3n) is 6.37. The third kappa shape index (κ3) is 3.36. The average molecular weight is 419 g/mol. The minimum Gasteiger partial charge on any atom is -0.488 e. The summed E-state index contributed by atoms with van der Waals surface area (Å²) in [5, 5.41) is 6.21. The molecule has 3 aromatic rings. The number of ether oxygens (including phenoxy) is 2. The lowest BCUT2D eigenvalue weighted by Crippen LogP contribution is -2.25. The number of benzene rings is 1. The van der Waals surface area contributed by atoms with Gasteiger partial charge in [-0.05, 0) is 44.0 Å². The predicted molar refractivity (Wildman–Crippen MR) is 116 cm³/mol. The second kappa shape index (κ2) is 7.14. The summed E-state index contributed by atoms with van der Waals surface area (Å²) in [5.74, 6) is 2.59. The fourth-order valence-corrected chi connectivity index (χ4v) is 4.44. The molecular weight excluding hydrogens is 394 g/mol. The SMILES string of the molecule is CC(Oc1cc(-c2ccc3c(n2)NCCO3)cc2ncn(C3CC3)c12)C1CNC(=O)C1. The van der Waals surface area contributed by atoms with Gasteiger partial charge in [-0.3, -0.25) is 4.79 Å². The summed E-state index contributed by atoms with van der Waals surface area (Å²) >= 11 is 0. The van der Waals surface area contributed by atoms with Crippen molar-refractivity contribution >= 4 is 22.8 Å². The lowest BCUT2D eigenvalue weighted by molar-refractivity contribution is -0.119. The van der Waals surface area contributed by atoms with E-state index in [0.717, 1.165) is 46.2 Å². The van der Waals surface area contributed by atoms with Gasteiger partial charge in [0.2, 0.25) is 5.91 Å². The molecule has 0 bridgehead atoms. The molecule has 2 atom stereocenters. The Kier molecular flexibility index (Phi) is 4.26. The van der Waals surface area contributed by atoms with Crippen molar-refractivity contribution in [3.8, 4) is 22.8 Å². The number of amides is 1. The molecule has 0 radical (unpaired) electrons. The Hall–Kier alpha value is -3.29. The van der Waals surface area contributed by atoms with Gasteiger partial charge in [0.05, 0.1) is 24.1 Å². The quantitative estimate of drug-likeness (QED) is 0.660. The van der Waals surface area contributed by atoms with E-state index >= 15 is 0 Å². The summed E-state index contributed by atoms with van der Waals surface area (Å²) < 4.78 is 14.4. The van der Waals surface area contributed by atoms with Crippen molar-refractivity contribution in [2.24, 2.45) is 5.92 Å². The van der Waals surface area contributed by atoms with Crippen molar-refractivity contribution in [1.29, 1.82) is 0 Å². The number of rotatable bonds is 5. The van der Waals surface area contributed by atoms with Crippen LogP contribution in [0, 0.1) is 5.92 Å². The zero-order chi connectivity index (χ0) is 20.9. The summed E-state index contributed by atoms with van der Waals surface area (Å²) in [6.45, 7) is 4.09. The molecule has 2 aliphatic heterocycles. The lowest BCUT2D eigenvalue weighted by Gasteiger charge is -2.22. The van der Waals surface area contributed by atoms with E-state index in [4.69, 9.17) is 14.5 Å². The highest BCUT2D eigenvalue weighted by molar-refractivity contribution is 5.88. The molecule has 1 aromatic carbocycles. The minimum atomic E-state index is -0.0912. The molecule has 1 aliphatic carbocycles. The topological polar surface area (TPSA) is 90.3 Å². The van der Waals surface area contributed by atoms with Crippen molar-refractivity contribution in [1.82, 2.24) is 19.9 Å². The number of fused-ring (bicyclic) bond motifs is 2. The van der Waals surface area contributed by atoms with Crippen LogP contribution in [0.2, 0.25) is 0 Å². The Balaban J connectivity index is 1.41. The van der Waals surface area contributed by atoms with Gasteiger partial charge in [-0.2, -0.15) is 0 Å². The van der Waals surface area contributed by atoms with E-state index in [1.54, 1.807) is 0 Å². The first-order valence-corrected chi connectivity index (χ1v) is 11.0. The highest BCUT2D eigenvalue weighted by Crippen LogP contribution is 2.42. The van der Waals surface area contributed by atoms with E-state index in [1.807, 2.05) is 25.4 Å². The number of nitrogens with zero attached hydrogens (tertiary/aromatic N) is 3. The maximum absolute atomic E-state index is 11.7. The molecule has 0 spiro atoms. The normalized spacial score (nSPS) is 21.2. The highest BCUT2D eigenvalue weighted by Gasteiger charge is 2.30. The summed E-state index contributed by atoms with van der Waals surface area (Å²) in [6.07, 6.45) is 4.67. The smallest absolute Gasteiger partial charge is 0.220 e. The maximum Gasteiger partial charge on any atom is 0.220 e. The molecule has 1 saturated heterocycles. The van der Waals surface area contributed by atoms with Crippen molar-refractivity contribution in [2.75, 3.05) is 25.0 Å². The molecule has 160 valence electrons. The lowest BCUT2D eigenvalue weighted by atomic mass is 10.0. The van der Waals surface area contributed by atoms with Gasteiger partial charge in [0.15, 0.2) is 11.6 Å². The second-order valence-electron chi connectivity index (χ2n) is 8.63. The zero-order valence-electron chi connectivity index (χ0n) is 17.4. The van der Waals surface area contributed by atoms with Crippen LogP contribution < -0.4 is 20.1 Å². The number of carbonyl (C=O) groups excluding carboxylic acids is 1. The summed E-state index contributed by atoms with van der Waals surface area (Å²) in [7, 11) is 0. The molecule has 31 heavy (non-hydrogen) atoms. The van der Waals surface area contributed by atoms with E-state index in [1.165, 1.54) is 12.8 Å². The van der Waals surface area contributed by atoms with Crippen LogP contribution in [0.5, 0.6) is 11.5 Å². The van der Waals surface area contributed by atoms with Gasteiger partial charge in [0.25, 0.3) is 0 Å². The molecule has 4 heterocycles. The van der Waals surface area contributed by atoms with Gasteiger partial charge in [0.1, 0.15) is 24.0 Å². The number of aromatic nitrogens is 3. The first-order chi connectivity index (χ1) is 15.2. The molecule has 2 unspecified atom stereocenters. The molecule has 2 N–H and O–H groups in total. The number of carbonyl (C=O) groups is 1. The van der Waals surface area contributed by atoms with E-state index in [0.29, 0.717) is 25.6 Å². The molecule has 2 aromatic heterocycles. The van der Waals surface area contributed by atoms with E-state index in [9.17, 15) is 4.79 Å². The summed E-state index contributed by atoms with van der Waals surface area (Å²) in [4.78, 5) is 21.1. The van der Waals surface area contributed by atoms with Gasteiger partial charge < -0.3 is 24.7 Å². The maximum atomic E-state index is 11.7. The molecule has 1 saturated carbocycles. The largest absolute Gasteiger partial charge is 0.488 e. The number of nitrogens with one attached hydrogen (secondary N) is 2. The van der Waals surface area contributed by atoms with Gasteiger partial charge in [-0.25, -0.2) is 9.97 Å². The fourth-order valence-electron chi connectivity index (χ4n) is 4.44. The van der Waals surface area contributed by atoms with Crippen LogP contribution in [-0.4, -0.2) is 46.2 Å². The standard InChI is InChI=1S/C23H25N5O3/c1-13(15-10-21(29)25-11-15)31-20-9-14(8-18-22(20)28(12-26-18)16-2-3-16)17-4-5-19-23(27-17)24-6-7-30-19/h4-5,8-9,12-13,15-16H,2-3,6-7,10-11H2,1H3,(H,24,27)(H,25,29). The van der Waals surface area contributed by atoms with E-state index in [-0.39, 0.29) is 17.9 Å². The Labute approximate surface area is 180 Å². The molecule has 8 nitrogen and oxygen atoms in total. The fraction of sp³-hybridized carbons (Fsp3) is 0.435. The van der Waals surface area contributed by atoms with Gasteiger partial charge >= 0.3 is 0 Å². The summed E-state index contributed by atoms with van der Waals surface area (Å²) in [6, 6.07) is 8.55. The molecular formula is C23H25N5O3. The van der Waals surface area contributed by atoms with Gasteiger partial charge in [-0.1, -0.05) is 0 Å². The Morgan fingerprint density at radius 2 is 2.16 bits per heavy atom. The highest BCUT2D eigenvalue weighted by atomic mass is 16.5. The number of hydrogen-bond donors (Lipinski definition) is 2. The number of anilines is 1. The Morgan fingerprint density at radius 3 is 2.97 bits per heavy atom. The average Bonchev–Trinajstić information content (AvgIpc) is 3.39. The van der Waals surface area contributed by atoms with Crippen LogP contribution in [0.15, 0.2) is 30.6 Å². The number of pyridine rings is 1. The first kappa shape index (κ1) is 18.5. The molecule has 1 amide bonds. The van der Waals surface area contributed by atoms with Crippen LogP contribution in [0.4, 0.5) is 5.82 Å².